The summed E-state index contributed by atoms with van der Waals surface area (Å²) in [6.07, 6.45) is 1.84. The Labute approximate surface area is 113 Å². The minimum absolute atomic E-state index is 0.156. The number of hydrogen-bond donors (Lipinski definition) is 2. The lowest BCUT2D eigenvalue weighted by Gasteiger charge is -2.28. The van der Waals surface area contributed by atoms with Gasteiger partial charge in [0.05, 0.1) is 12.5 Å². The second-order valence-electron chi connectivity index (χ2n) is 5.52. The van der Waals surface area contributed by atoms with Crippen molar-refractivity contribution < 1.29 is 9.53 Å². The van der Waals surface area contributed by atoms with Crippen LogP contribution in [0.4, 0.5) is 0 Å². The van der Waals surface area contributed by atoms with Crippen LogP contribution in [0.1, 0.15) is 18.4 Å². The zero-order valence-corrected chi connectivity index (χ0v) is 11.2. The van der Waals surface area contributed by atoms with Crippen molar-refractivity contribution in [3.8, 4) is 5.75 Å². The number of benzene rings is 1. The molecule has 0 spiro atoms. The summed E-state index contributed by atoms with van der Waals surface area (Å²) in [5, 5.41) is 6.32. The van der Waals surface area contributed by atoms with Gasteiger partial charge in [0.1, 0.15) is 5.75 Å². The highest BCUT2D eigenvalue weighted by atomic mass is 16.5. The number of ether oxygens (including phenoxy) is 1. The van der Waals surface area contributed by atoms with Gasteiger partial charge in [0.25, 0.3) is 0 Å². The smallest absolute Gasteiger partial charge is 0.230 e. The third-order valence-electron chi connectivity index (χ3n) is 4.22. The topological polar surface area (TPSA) is 50.4 Å². The van der Waals surface area contributed by atoms with Crippen LogP contribution in [0.3, 0.4) is 0 Å². The van der Waals surface area contributed by atoms with Crippen LogP contribution in [-0.4, -0.2) is 32.7 Å². The fraction of sp³-hybridized carbons (Fsp3) is 0.533. The molecule has 4 heteroatoms. The molecule has 0 atom stereocenters. The Morgan fingerprint density at radius 2 is 2.16 bits per heavy atom. The van der Waals surface area contributed by atoms with Crippen LogP contribution in [0, 0.1) is 5.92 Å². The molecule has 2 fully saturated rings. The normalized spacial score (nSPS) is 20.5. The zero-order valence-electron chi connectivity index (χ0n) is 11.2. The molecule has 0 radical (unpaired) electrons. The van der Waals surface area contributed by atoms with Crippen molar-refractivity contribution >= 4 is 5.91 Å². The molecule has 19 heavy (non-hydrogen) atoms. The molecule has 0 unspecified atom stereocenters. The molecule has 4 nitrogen and oxygen atoms in total. The van der Waals surface area contributed by atoms with Crippen LogP contribution in [0.25, 0.3) is 0 Å². The van der Waals surface area contributed by atoms with Crippen molar-refractivity contribution in [2.24, 2.45) is 5.92 Å². The fourth-order valence-corrected chi connectivity index (χ4v) is 2.68. The maximum Gasteiger partial charge on any atom is 0.230 e. The lowest BCUT2D eigenvalue weighted by atomic mass is 9.93. The number of carbonyl (C=O) groups excluding carboxylic acids is 1. The molecule has 0 aromatic heterocycles. The maximum absolute atomic E-state index is 12.5. The molecule has 1 aromatic rings. The standard InChI is InChI=1S/C15H20N2O2/c1-19-13-5-3-2-4-12(13)15(6-7-15)14(18)17-10-11-8-16-9-11/h2-5,11,16H,6-10H2,1H3,(H,17,18). The highest BCUT2D eigenvalue weighted by Crippen LogP contribution is 2.51. The summed E-state index contributed by atoms with van der Waals surface area (Å²) in [6.45, 7) is 2.81. The first kappa shape index (κ1) is 12.5. The van der Waals surface area contributed by atoms with Crippen molar-refractivity contribution in [1.29, 1.82) is 0 Å². The van der Waals surface area contributed by atoms with E-state index in [2.05, 4.69) is 10.6 Å². The molecule has 1 saturated heterocycles. The van der Waals surface area contributed by atoms with E-state index in [9.17, 15) is 4.79 Å². The van der Waals surface area contributed by atoms with Crippen molar-refractivity contribution in [1.82, 2.24) is 10.6 Å². The lowest BCUT2D eigenvalue weighted by molar-refractivity contribution is -0.123. The molecule has 102 valence electrons. The number of rotatable bonds is 5. The summed E-state index contributed by atoms with van der Waals surface area (Å²) in [5.41, 5.74) is 0.686. The van der Waals surface area contributed by atoms with E-state index in [0.717, 1.165) is 43.8 Å². The summed E-state index contributed by atoms with van der Waals surface area (Å²) in [5.74, 6) is 1.57. The zero-order chi connectivity index (χ0) is 13.3. The van der Waals surface area contributed by atoms with Gasteiger partial charge in [0.15, 0.2) is 0 Å². The number of nitrogens with one attached hydrogen (secondary N) is 2. The van der Waals surface area contributed by atoms with Crippen LogP contribution >= 0.6 is 0 Å². The Balaban J connectivity index is 1.72. The maximum atomic E-state index is 12.5. The van der Waals surface area contributed by atoms with Gasteiger partial charge in [0.2, 0.25) is 5.91 Å². The second kappa shape index (κ2) is 4.85. The number of hydrogen-bond acceptors (Lipinski definition) is 3. The first-order chi connectivity index (χ1) is 9.26. The van der Waals surface area contributed by atoms with Crippen LogP contribution < -0.4 is 15.4 Å². The van der Waals surface area contributed by atoms with E-state index in [-0.39, 0.29) is 11.3 Å². The van der Waals surface area contributed by atoms with Gasteiger partial charge in [-0.25, -0.2) is 0 Å². The van der Waals surface area contributed by atoms with E-state index in [1.807, 2.05) is 24.3 Å². The Morgan fingerprint density at radius 3 is 2.74 bits per heavy atom. The number of para-hydroxylation sites is 1. The quantitative estimate of drug-likeness (QED) is 0.832. The minimum Gasteiger partial charge on any atom is -0.496 e. The third kappa shape index (κ3) is 2.21. The van der Waals surface area contributed by atoms with Crippen LogP contribution in [0.2, 0.25) is 0 Å². The number of amides is 1. The predicted molar refractivity (Wildman–Crippen MR) is 73.3 cm³/mol. The van der Waals surface area contributed by atoms with Gasteiger partial charge in [-0.1, -0.05) is 18.2 Å². The molecular weight excluding hydrogens is 240 g/mol. The Hall–Kier alpha value is -1.55. The van der Waals surface area contributed by atoms with Crippen LogP contribution in [0.15, 0.2) is 24.3 Å². The Morgan fingerprint density at radius 1 is 1.42 bits per heavy atom. The van der Waals surface area contributed by atoms with E-state index in [1.165, 1.54) is 0 Å². The average molecular weight is 260 g/mol. The number of carbonyl (C=O) groups is 1. The molecule has 1 aliphatic heterocycles. The highest BCUT2D eigenvalue weighted by molar-refractivity contribution is 5.92. The molecule has 0 bridgehead atoms. The van der Waals surface area contributed by atoms with Gasteiger partial charge < -0.3 is 15.4 Å². The Bertz CT molecular complexity index is 479. The van der Waals surface area contributed by atoms with E-state index in [0.29, 0.717) is 5.92 Å². The van der Waals surface area contributed by atoms with Gasteiger partial charge >= 0.3 is 0 Å². The molecule has 2 aliphatic rings. The second-order valence-corrected chi connectivity index (χ2v) is 5.52. The van der Waals surface area contributed by atoms with Gasteiger partial charge in [0, 0.05) is 31.1 Å². The SMILES string of the molecule is COc1ccccc1C1(C(=O)NCC2CNC2)CC1. The van der Waals surface area contributed by atoms with Gasteiger partial charge in [-0.05, 0) is 18.9 Å². The van der Waals surface area contributed by atoms with Crippen LogP contribution in [0.5, 0.6) is 5.75 Å². The summed E-state index contributed by atoms with van der Waals surface area (Å²) in [4.78, 5) is 12.5. The van der Waals surface area contributed by atoms with Crippen molar-refractivity contribution in [3.05, 3.63) is 29.8 Å². The molecular formula is C15H20N2O2. The first-order valence-corrected chi connectivity index (χ1v) is 6.89. The highest BCUT2D eigenvalue weighted by Gasteiger charge is 2.52. The summed E-state index contributed by atoms with van der Waals surface area (Å²) in [6, 6.07) is 7.85. The molecule has 1 aliphatic carbocycles. The lowest BCUT2D eigenvalue weighted by Crippen LogP contribution is -2.49. The van der Waals surface area contributed by atoms with E-state index < -0.39 is 0 Å². The molecule has 1 saturated carbocycles. The van der Waals surface area contributed by atoms with Crippen molar-refractivity contribution in [2.45, 2.75) is 18.3 Å². The van der Waals surface area contributed by atoms with Gasteiger partial charge in [-0.2, -0.15) is 0 Å². The molecule has 2 N–H and O–H groups in total. The summed E-state index contributed by atoms with van der Waals surface area (Å²) < 4.78 is 5.39. The van der Waals surface area contributed by atoms with Crippen LogP contribution in [-0.2, 0) is 10.2 Å². The monoisotopic (exact) mass is 260 g/mol. The minimum atomic E-state index is -0.343. The van der Waals surface area contributed by atoms with E-state index in [1.54, 1.807) is 7.11 Å². The molecule has 1 amide bonds. The number of methoxy groups -OCH3 is 1. The Kier molecular flexibility index (Phi) is 3.19. The van der Waals surface area contributed by atoms with Crippen molar-refractivity contribution in [3.63, 3.8) is 0 Å². The van der Waals surface area contributed by atoms with Crippen molar-refractivity contribution in [2.75, 3.05) is 26.7 Å². The predicted octanol–water partition coefficient (Wildman–Crippen LogP) is 1.06. The van der Waals surface area contributed by atoms with Gasteiger partial charge in [-0.3, -0.25) is 4.79 Å². The third-order valence-corrected chi connectivity index (χ3v) is 4.22. The first-order valence-electron chi connectivity index (χ1n) is 6.89. The molecule has 1 heterocycles. The largest absolute Gasteiger partial charge is 0.496 e. The molecule has 3 rings (SSSR count). The van der Waals surface area contributed by atoms with Gasteiger partial charge in [-0.15, -0.1) is 0 Å². The summed E-state index contributed by atoms with van der Waals surface area (Å²) in [7, 11) is 1.66. The summed E-state index contributed by atoms with van der Waals surface area (Å²) >= 11 is 0. The average Bonchev–Trinajstić information content (AvgIpc) is 3.18. The fourth-order valence-electron chi connectivity index (χ4n) is 2.68. The van der Waals surface area contributed by atoms with E-state index >= 15 is 0 Å². The van der Waals surface area contributed by atoms with E-state index in [4.69, 9.17) is 4.74 Å². The molecule has 1 aromatic carbocycles.